The average Bonchev–Trinajstić information content (AvgIpc) is 2.51. The number of nitrogens with zero attached hydrogens (tertiary/aromatic N) is 1. The van der Waals surface area contributed by atoms with Crippen LogP contribution in [0.15, 0.2) is 41.2 Å². The molecule has 0 aliphatic carbocycles. The topological polar surface area (TPSA) is 65.2 Å². The molecule has 5 nitrogen and oxygen atoms in total. The number of hydrogen-bond donors (Lipinski definition) is 2. The molecule has 24 heavy (non-hydrogen) atoms. The van der Waals surface area contributed by atoms with Gasteiger partial charge >= 0.3 is 0 Å². The van der Waals surface area contributed by atoms with Crippen LogP contribution in [0.5, 0.6) is 0 Å². The zero-order valence-electron chi connectivity index (χ0n) is 14.7. The Morgan fingerprint density at radius 3 is 2.46 bits per heavy atom. The number of H-pyrrole nitrogens is 1. The lowest BCUT2D eigenvalue weighted by molar-refractivity contribution is 0.0931. The van der Waals surface area contributed by atoms with Gasteiger partial charge in [0.15, 0.2) is 0 Å². The number of carbonyl (C=O) groups is 1. The van der Waals surface area contributed by atoms with Gasteiger partial charge in [0, 0.05) is 11.8 Å². The molecule has 1 amide bonds. The third-order valence-corrected chi connectivity index (χ3v) is 4.03. The molecule has 0 saturated carbocycles. The van der Waals surface area contributed by atoms with E-state index in [9.17, 15) is 9.59 Å². The largest absolute Gasteiger partial charge is 0.345 e. The van der Waals surface area contributed by atoms with Crippen LogP contribution in [0, 0.1) is 13.8 Å². The number of rotatable bonds is 6. The van der Waals surface area contributed by atoms with Crippen LogP contribution in [0.3, 0.4) is 0 Å². The Balaban J connectivity index is 2.26. The van der Waals surface area contributed by atoms with E-state index in [1.54, 1.807) is 13.8 Å². The summed E-state index contributed by atoms with van der Waals surface area (Å²) in [7, 11) is 4.03. The second-order valence-electron chi connectivity index (χ2n) is 6.35. The van der Waals surface area contributed by atoms with Gasteiger partial charge in [-0.2, -0.15) is 0 Å². The van der Waals surface area contributed by atoms with Gasteiger partial charge in [0.05, 0.1) is 11.6 Å². The monoisotopic (exact) mass is 327 g/mol. The van der Waals surface area contributed by atoms with E-state index in [0.717, 1.165) is 18.5 Å². The highest BCUT2D eigenvalue weighted by molar-refractivity contribution is 5.96. The van der Waals surface area contributed by atoms with Crippen LogP contribution >= 0.6 is 0 Å². The Bertz CT molecular complexity index is 725. The minimum absolute atomic E-state index is 0.0770. The van der Waals surface area contributed by atoms with Crippen LogP contribution < -0.4 is 10.9 Å². The van der Waals surface area contributed by atoms with E-state index >= 15 is 0 Å². The highest BCUT2D eigenvalue weighted by Gasteiger charge is 2.19. The maximum atomic E-state index is 12.8. The number of amides is 1. The smallest absolute Gasteiger partial charge is 0.253 e. The van der Waals surface area contributed by atoms with Crippen molar-refractivity contribution < 1.29 is 4.79 Å². The molecular formula is C19H25N3O2. The van der Waals surface area contributed by atoms with Crippen LogP contribution in [-0.4, -0.2) is 36.4 Å². The highest BCUT2D eigenvalue weighted by Crippen LogP contribution is 2.19. The first-order valence-corrected chi connectivity index (χ1v) is 8.09. The highest BCUT2D eigenvalue weighted by atomic mass is 16.2. The number of benzene rings is 1. The number of aromatic amines is 1. The predicted octanol–water partition coefficient (Wildman–Crippen LogP) is 2.41. The Morgan fingerprint density at radius 2 is 1.88 bits per heavy atom. The summed E-state index contributed by atoms with van der Waals surface area (Å²) in [6.45, 7) is 4.40. The summed E-state index contributed by atoms with van der Waals surface area (Å²) in [5.74, 6) is -0.158. The summed E-state index contributed by atoms with van der Waals surface area (Å²) >= 11 is 0. The molecule has 2 N–H and O–H groups in total. The number of nitrogens with one attached hydrogen (secondary N) is 2. The molecule has 5 heteroatoms. The predicted molar refractivity (Wildman–Crippen MR) is 96.4 cm³/mol. The zero-order chi connectivity index (χ0) is 17.7. The number of pyridine rings is 1. The maximum absolute atomic E-state index is 12.8. The Hall–Kier alpha value is -2.40. The second-order valence-corrected chi connectivity index (χ2v) is 6.35. The molecule has 128 valence electrons. The van der Waals surface area contributed by atoms with E-state index in [4.69, 9.17) is 0 Å². The van der Waals surface area contributed by atoms with E-state index in [2.05, 4.69) is 15.2 Å². The lowest BCUT2D eigenvalue weighted by atomic mass is 10.0. The van der Waals surface area contributed by atoms with Gasteiger partial charge in [-0.25, -0.2) is 0 Å². The van der Waals surface area contributed by atoms with Crippen molar-refractivity contribution in [1.82, 2.24) is 15.2 Å². The van der Waals surface area contributed by atoms with Gasteiger partial charge < -0.3 is 15.2 Å². The quantitative estimate of drug-likeness (QED) is 0.856. The minimum atomic E-state index is -0.186. The number of carbonyl (C=O) groups excluding carboxylic acids is 1. The molecule has 0 radical (unpaired) electrons. The van der Waals surface area contributed by atoms with Crippen LogP contribution in [-0.2, 0) is 0 Å². The third kappa shape index (κ3) is 4.55. The van der Waals surface area contributed by atoms with E-state index in [1.165, 1.54) is 6.07 Å². The molecule has 1 atom stereocenters. The van der Waals surface area contributed by atoms with Gasteiger partial charge in [0.2, 0.25) is 5.56 Å². The van der Waals surface area contributed by atoms with Crippen molar-refractivity contribution in [3.05, 3.63) is 69.1 Å². The summed E-state index contributed by atoms with van der Waals surface area (Å²) in [5.41, 5.74) is 2.71. The maximum Gasteiger partial charge on any atom is 0.253 e. The van der Waals surface area contributed by atoms with Crippen molar-refractivity contribution in [3.8, 4) is 0 Å². The van der Waals surface area contributed by atoms with Crippen LogP contribution in [0.1, 0.15) is 39.6 Å². The lowest BCUT2D eigenvalue weighted by Crippen LogP contribution is -2.32. The fourth-order valence-corrected chi connectivity index (χ4v) is 2.82. The molecule has 0 bridgehead atoms. The van der Waals surface area contributed by atoms with E-state index in [0.29, 0.717) is 16.8 Å². The van der Waals surface area contributed by atoms with Crippen LogP contribution in [0.25, 0.3) is 0 Å². The fourth-order valence-electron chi connectivity index (χ4n) is 2.82. The van der Waals surface area contributed by atoms with Gasteiger partial charge in [-0.1, -0.05) is 30.3 Å². The van der Waals surface area contributed by atoms with Gasteiger partial charge in [-0.05, 0) is 52.0 Å². The Kier molecular flexibility index (Phi) is 5.93. The average molecular weight is 327 g/mol. The number of aryl methyl sites for hydroxylation is 2. The molecule has 0 fully saturated rings. The molecule has 0 saturated heterocycles. The standard InChI is InChI=1S/C19H25N3O2/c1-13-12-17(23)20-14(2)18(13)19(24)21-16(10-11-22(3)4)15-8-6-5-7-9-15/h5-9,12,16H,10-11H2,1-4H3,(H,20,23)(H,21,24)/t16-/m1/s1. The molecule has 0 unspecified atom stereocenters. The van der Waals surface area contributed by atoms with Crippen molar-refractivity contribution >= 4 is 5.91 Å². The van der Waals surface area contributed by atoms with Crippen molar-refractivity contribution in [2.75, 3.05) is 20.6 Å². The van der Waals surface area contributed by atoms with E-state index in [-0.39, 0.29) is 17.5 Å². The first-order chi connectivity index (χ1) is 11.4. The van der Waals surface area contributed by atoms with Gasteiger partial charge in [0.25, 0.3) is 5.91 Å². The molecule has 2 aromatic rings. The molecule has 2 rings (SSSR count). The minimum Gasteiger partial charge on any atom is -0.345 e. The third-order valence-electron chi connectivity index (χ3n) is 4.03. The molecular weight excluding hydrogens is 302 g/mol. The summed E-state index contributed by atoms with van der Waals surface area (Å²) < 4.78 is 0. The number of hydrogen-bond acceptors (Lipinski definition) is 3. The van der Waals surface area contributed by atoms with Crippen LogP contribution in [0.2, 0.25) is 0 Å². The molecule has 0 aliphatic heterocycles. The summed E-state index contributed by atoms with van der Waals surface area (Å²) in [5, 5.41) is 3.12. The van der Waals surface area contributed by atoms with Crippen LogP contribution in [0.4, 0.5) is 0 Å². The normalized spacial score (nSPS) is 12.2. The Morgan fingerprint density at radius 1 is 1.21 bits per heavy atom. The Labute approximate surface area is 142 Å². The molecule has 1 aromatic carbocycles. The molecule has 1 aromatic heterocycles. The first-order valence-electron chi connectivity index (χ1n) is 8.09. The molecule has 0 spiro atoms. The lowest BCUT2D eigenvalue weighted by Gasteiger charge is -2.22. The van der Waals surface area contributed by atoms with Crippen molar-refractivity contribution in [2.24, 2.45) is 0 Å². The van der Waals surface area contributed by atoms with Gasteiger partial charge in [-0.3, -0.25) is 9.59 Å². The summed E-state index contributed by atoms with van der Waals surface area (Å²) in [6, 6.07) is 11.3. The number of aromatic nitrogens is 1. The second kappa shape index (κ2) is 7.93. The molecule has 0 aliphatic rings. The van der Waals surface area contributed by atoms with Gasteiger partial charge in [-0.15, -0.1) is 0 Å². The van der Waals surface area contributed by atoms with Crippen molar-refractivity contribution in [2.45, 2.75) is 26.3 Å². The van der Waals surface area contributed by atoms with Crippen molar-refractivity contribution in [1.29, 1.82) is 0 Å². The van der Waals surface area contributed by atoms with Gasteiger partial charge in [0.1, 0.15) is 0 Å². The van der Waals surface area contributed by atoms with E-state index < -0.39 is 0 Å². The van der Waals surface area contributed by atoms with Crippen molar-refractivity contribution in [3.63, 3.8) is 0 Å². The zero-order valence-corrected chi connectivity index (χ0v) is 14.7. The SMILES string of the molecule is Cc1cc(=O)[nH]c(C)c1C(=O)N[C@H](CCN(C)C)c1ccccc1. The fraction of sp³-hybridized carbons (Fsp3) is 0.368. The summed E-state index contributed by atoms with van der Waals surface area (Å²) in [4.78, 5) is 29.1. The summed E-state index contributed by atoms with van der Waals surface area (Å²) in [6.07, 6.45) is 0.810. The van der Waals surface area contributed by atoms with E-state index in [1.807, 2.05) is 44.4 Å². The molecule has 1 heterocycles. The first kappa shape index (κ1) is 17.9.